The Labute approximate surface area is 243 Å². The zero-order valence-electron chi connectivity index (χ0n) is 22.3. The van der Waals surface area contributed by atoms with Gasteiger partial charge in [0, 0.05) is 16.7 Å². The Morgan fingerprint density at radius 2 is 1.78 bits per heavy atom. The van der Waals surface area contributed by atoms with Crippen LogP contribution >= 0.6 is 23.2 Å². The summed E-state index contributed by atoms with van der Waals surface area (Å²) in [7, 11) is 1.37. The number of hydrogen-bond donors (Lipinski definition) is 3. The third kappa shape index (κ3) is 4.91. The number of amides is 1. The van der Waals surface area contributed by atoms with Crippen LogP contribution in [0.4, 0.5) is 22.9 Å². The van der Waals surface area contributed by atoms with Crippen LogP contribution in [0, 0.1) is 5.41 Å². The first-order valence-electron chi connectivity index (χ1n) is 12.4. The van der Waals surface area contributed by atoms with Crippen molar-refractivity contribution in [2.75, 3.05) is 22.6 Å². The summed E-state index contributed by atoms with van der Waals surface area (Å²) in [5.41, 5.74) is -1.47. The maximum absolute atomic E-state index is 13.7. The number of fused-ring (bicyclic) bond motifs is 1. The number of pyridine rings is 1. The molecule has 11 nitrogen and oxygen atoms in total. The van der Waals surface area contributed by atoms with Crippen molar-refractivity contribution in [3.05, 3.63) is 89.5 Å². The molecule has 1 aliphatic rings. The van der Waals surface area contributed by atoms with Gasteiger partial charge < -0.3 is 24.9 Å². The summed E-state index contributed by atoms with van der Waals surface area (Å²) < 4.78 is 10.7. The number of carboxylic acids is 1. The van der Waals surface area contributed by atoms with Crippen molar-refractivity contribution in [1.82, 2.24) is 4.98 Å². The molecule has 0 saturated heterocycles. The number of benzene rings is 1. The highest BCUT2D eigenvalue weighted by Crippen LogP contribution is 2.41. The Hall–Kier alpha value is -4.35. The van der Waals surface area contributed by atoms with Crippen LogP contribution in [-0.2, 0) is 6.54 Å². The molecular formula is C28H24Cl2N4O7. The predicted octanol–water partition coefficient (Wildman–Crippen LogP) is 5.39. The van der Waals surface area contributed by atoms with Crippen molar-refractivity contribution in [2.24, 2.45) is 5.41 Å². The number of carbonyl (C=O) groups is 2. The van der Waals surface area contributed by atoms with Gasteiger partial charge in [-0.2, -0.15) is 4.98 Å². The van der Waals surface area contributed by atoms with Crippen molar-refractivity contribution in [3.8, 4) is 5.88 Å². The van der Waals surface area contributed by atoms with Crippen molar-refractivity contribution in [3.63, 3.8) is 0 Å². The Morgan fingerprint density at radius 1 is 1.07 bits per heavy atom. The second-order valence-corrected chi connectivity index (χ2v) is 11.3. The van der Waals surface area contributed by atoms with Crippen LogP contribution in [0.2, 0.25) is 10.2 Å². The van der Waals surface area contributed by atoms with Gasteiger partial charge in [0.1, 0.15) is 22.7 Å². The van der Waals surface area contributed by atoms with E-state index in [1.54, 1.807) is 12.1 Å². The number of aromatic carboxylic acids is 1. The summed E-state index contributed by atoms with van der Waals surface area (Å²) in [5.74, 6) is -1.42. The van der Waals surface area contributed by atoms with E-state index in [1.165, 1.54) is 36.3 Å². The topological polar surface area (TPSA) is 151 Å². The lowest BCUT2D eigenvalue weighted by Gasteiger charge is -2.31. The number of furan rings is 1. The SMILES string of the molecule is COc1ccc(C(=O)O)c(N2Cc3c(Cl)ccc(Nc4c(NC(c5ccc(Cl)o5)C(C)(C)C)c(=O)c4=O)c3C2=O)n1. The summed E-state index contributed by atoms with van der Waals surface area (Å²) in [4.78, 5) is 56.3. The van der Waals surface area contributed by atoms with Gasteiger partial charge in [0.25, 0.3) is 16.8 Å². The minimum Gasteiger partial charge on any atom is -0.481 e. The summed E-state index contributed by atoms with van der Waals surface area (Å²) in [5, 5.41) is 16.2. The average Bonchev–Trinajstić information content (AvgIpc) is 3.51. The molecule has 3 N–H and O–H groups in total. The van der Waals surface area contributed by atoms with Crippen LogP contribution in [0.15, 0.2) is 50.4 Å². The zero-order valence-corrected chi connectivity index (χ0v) is 23.8. The van der Waals surface area contributed by atoms with E-state index in [2.05, 4.69) is 15.6 Å². The van der Waals surface area contributed by atoms with E-state index in [-0.39, 0.29) is 56.7 Å². The molecule has 212 valence electrons. The fourth-order valence-corrected chi connectivity index (χ4v) is 5.07. The van der Waals surface area contributed by atoms with Crippen LogP contribution in [0.5, 0.6) is 5.88 Å². The Morgan fingerprint density at radius 3 is 2.39 bits per heavy atom. The first-order chi connectivity index (χ1) is 19.3. The van der Waals surface area contributed by atoms with E-state index in [9.17, 15) is 24.3 Å². The molecule has 41 heavy (non-hydrogen) atoms. The van der Waals surface area contributed by atoms with E-state index in [1.807, 2.05) is 20.8 Å². The number of methoxy groups -OCH3 is 1. The lowest BCUT2D eigenvalue weighted by atomic mass is 9.85. The second kappa shape index (κ2) is 10.2. The van der Waals surface area contributed by atoms with Gasteiger partial charge in [-0.3, -0.25) is 19.3 Å². The maximum Gasteiger partial charge on any atom is 0.339 e. The van der Waals surface area contributed by atoms with Crippen LogP contribution in [0.1, 0.15) is 58.9 Å². The lowest BCUT2D eigenvalue weighted by molar-refractivity contribution is 0.0697. The lowest BCUT2D eigenvalue weighted by Crippen LogP contribution is -2.39. The number of hydrogen-bond acceptors (Lipinski definition) is 9. The van der Waals surface area contributed by atoms with Gasteiger partial charge in [-0.25, -0.2) is 4.79 Å². The van der Waals surface area contributed by atoms with Crippen LogP contribution in [-0.4, -0.2) is 29.1 Å². The minimum absolute atomic E-state index is 0.0241. The van der Waals surface area contributed by atoms with Crippen LogP contribution in [0.25, 0.3) is 0 Å². The van der Waals surface area contributed by atoms with Crippen LogP contribution < -0.4 is 31.1 Å². The van der Waals surface area contributed by atoms with E-state index >= 15 is 0 Å². The minimum atomic E-state index is -1.28. The van der Waals surface area contributed by atoms with Gasteiger partial charge >= 0.3 is 5.97 Å². The second-order valence-electron chi connectivity index (χ2n) is 10.5. The number of aromatic nitrogens is 1. The molecule has 0 radical (unpaired) electrons. The summed E-state index contributed by atoms with van der Waals surface area (Å²) in [6.45, 7) is 5.70. The van der Waals surface area contributed by atoms with Gasteiger partial charge in [-0.15, -0.1) is 0 Å². The molecule has 1 atom stereocenters. The van der Waals surface area contributed by atoms with Gasteiger partial charge in [-0.1, -0.05) is 32.4 Å². The van der Waals surface area contributed by atoms with Gasteiger partial charge in [0.15, 0.2) is 11.0 Å². The molecule has 1 amide bonds. The van der Waals surface area contributed by atoms with Crippen molar-refractivity contribution in [2.45, 2.75) is 33.4 Å². The quantitative estimate of drug-likeness (QED) is 0.225. The van der Waals surface area contributed by atoms with E-state index in [4.69, 9.17) is 32.4 Å². The fourth-order valence-electron chi connectivity index (χ4n) is 4.70. The molecular weight excluding hydrogens is 575 g/mol. The zero-order chi connectivity index (χ0) is 29.8. The Bertz CT molecular complexity index is 1780. The molecule has 1 unspecified atom stereocenters. The normalized spacial score (nSPS) is 13.8. The van der Waals surface area contributed by atoms with E-state index in [0.717, 1.165) is 0 Å². The van der Waals surface area contributed by atoms with Crippen LogP contribution in [0.3, 0.4) is 0 Å². The van der Waals surface area contributed by atoms with Gasteiger partial charge in [-0.05, 0) is 47.3 Å². The van der Waals surface area contributed by atoms with Crippen molar-refractivity contribution >= 4 is 58.0 Å². The van der Waals surface area contributed by atoms with Gasteiger partial charge in [0.05, 0.1) is 30.9 Å². The molecule has 1 aliphatic heterocycles. The third-order valence-corrected chi connectivity index (χ3v) is 7.34. The highest BCUT2D eigenvalue weighted by Gasteiger charge is 2.38. The Balaban J connectivity index is 1.52. The molecule has 3 heterocycles. The standard InChI is InChI=1S/C28H24Cl2N4O7/c1-28(2,3)24(16-8-9-17(30)41-16)33-21-20(22(35)23(21)36)31-15-7-6-14(29)13-11-34(26(37)19(13)15)25-12(27(38)39)5-10-18(32-25)40-4/h5-10,24,31,33H,11H2,1-4H3,(H,38,39). The Kier molecular flexibility index (Phi) is 7.04. The monoisotopic (exact) mass is 598 g/mol. The summed E-state index contributed by atoms with van der Waals surface area (Å²) in [6, 6.07) is 8.45. The molecule has 2 aromatic carbocycles. The number of carbonyl (C=O) groups excluding carboxylic acids is 1. The number of nitrogens with zero attached hydrogens (tertiary/aromatic N) is 2. The van der Waals surface area contributed by atoms with Crippen molar-refractivity contribution in [1.29, 1.82) is 0 Å². The number of halogens is 2. The summed E-state index contributed by atoms with van der Waals surface area (Å²) >= 11 is 12.4. The molecule has 13 heteroatoms. The molecule has 5 rings (SSSR count). The van der Waals surface area contributed by atoms with Crippen molar-refractivity contribution < 1.29 is 23.8 Å². The maximum atomic E-state index is 13.7. The molecule has 0 bridgehead atoms. The fraction of sp³-hybridized carbons (Fsp3) is 0.250. The smallest absolute Gasteiger partial charge is 0.339 e. The first-order valence-corrected chi connectivity index (χ1v) is 13.1. The number of nitrogens with one attached hydrogen (secondary N) is 2. The number of anilines is 4. The number of rotatable bonds is 8. The summed E-state index contributed by atoms with van der Waals surface area (Å²) in [6.07, 6.45) is 0. The van der Waals surface area contributed by atoms with Gasteiger partial charge in [0.2, 0.25) is 5.88 Å². The highest BCUT2D eigenvalue weighted by molar-refractivity contribution is 6.33. The predicted molar refractivity (Wildman–Crippen MR) is 154 cm³/mol. The molecule has 0 aliphatic carbocycles. The molecule has 0 fully saturated rings. The molecule has 4 aromatic rings. The molecule has 0 spiro atoms. The third-order valence-electron chi connectivity index (χ3n) is 6.78. The van der Waals surface area contributed by atoms with E-state index in [0.29, 0.717) is 11.3 Å². The molecule has 0 saturated carbocycles. The average molecular weight is 599 g/mol. The largest absolute Gasteiger partial charge is 0.481 e. The number of ether oxygens (including phenoxy) is 1. The van der Waals surface area contributed by atoms with E-state index < -0.39 is 34.2 Å². The first kappa shape index (κ1) is 28.2. The molecule has 2 aromatic heterocycles. The number of carboxylic acid groups (broad SMARTS) is 1. The highest BCUT2D eigenvalue weighted by atomic mass is 35.5.